The van der Waals surface area contributed by atoms with Crippen LogP contribution in [0.4, 0.5) is 5.82 Å². The Balaban J connectivity index is 2.16. The molecule has 1 N–H and O–H groups in total. The molecular formula is C10H17N3O3. The first-order chi connectivity index (χ1) is 7.86. The van der Waals surface area contributed by atoms with Gasteiger partial charge in [0, 0.05) is 20.2 Å². The van der Waals surface area contributed by atoms with Crippen molar-refractivity contribution in [3.05, 3.63) is 12.4 Å². The summed E-state index contributed by atoms with van der Waals surface area (Å²) in [6.07, 6.45) is 1.45. The summed E-state index contributed by atoms with van der Waals surface area (Å²) in [6.45, 7) is 2.15. The van der Waals surface area contributed by atoms with Gasteiger partial charge in [-0.1, -0.05) is 0 Å². The molecule has 90 valence electrons. The van der Waals surface area contributed by atoms with Crippen LogP contribution in [0.1, 0.15) is 0 Å². The lowest BCUT2D eigenvalue weighted by Gasteiger charge is -2.06. The smallest absolute Gasteiger partial charge is 0.218 e. The third-order valence-corrected chi connectivity index (χ3v) is 1.81. The van der Waals surface area contributed by atoms with Gasteiger partial charge in [0.25, 0.3) is 0 Å². The Morgan fingerprint density at radius 2 is 2.00 bits per heavy atom. The van der Waals surface area contributed by atoms with Gasteiger partial charge in [0.05, 0.1) is 19.8 Å². The molecule has 0 saturated carbocycles. The fraction of sp³-hybridized carbons (Fsp3) is 0.600. The minimum Gasteiger partial charge on any atom is -0.475 e. The molecule has 6 nitrogen and oxygen atoms in total. The van der Waals surface area contributed by atoms with Gasteiger partial charge in [0.1, 0.15) is 18.8 Å². The summed E-state index contributed by atoms with van der Waals surface area (Å²) in [7, 11) is 3.43. The zero-order chi connectivity index (χ0) is 11.6. The van der Waals surface area contributed by atoms with Crippen LogP contribution in [0, 0.1) is 0 Å². The lowest BCUT2D eigenvalue weighted by Crippen LogP contribution is -2.10. The van der Waals surface area contributed by atoms with Crippen LogP contribution in [0.2, 0.25) is 0 Å². The van der Waals surface area contributed by atoms with Crippen molar-refractivity contribution >= 4 is 5.82 Å². The van der Waals surface area contributed by atoms with Crippen LogP contribution in [0.5, 0.6) is 5.88 Å². The average molecular weight is 227 g/mol. The minimum atomic E-state index is 0.462. The summed E-state index contributed by atoms with van der Waals surface area (Å²) in [5.41, 5.74) is 0. The Labute approximate surface area is 95.0 Å². The van der Waals surface area contributed by atoms with Crippen molar-refractivity contribution in [1.82, 2.24) is 9.97 Å². The van der Waals surface area contributed by atoms with Gasteiger partial charge in [0.2, 0.25) is 5.88 Å². The minimum absolute atomic E-state index is 0.462. The number of hydrogen-bond acceptors (Lipinski definition) is 6. The molecule has 0 aliphatic carbocycles. The molecule has 1 rings (SSSR count). The number of nitrogens with one attached hydrogen (secondary N) is 1. The SMILES string of the molecule is CNc1cc(OCCOCCOC)ncn1. The molecular weight excluding hydrogens is 210 g/mol. The highest BCUT2D eigenvalue weighted by atomic mass is 16.5. The molecule has 6 heteroatoms. The van der Waals surface area contributed by atoms with Crippen LogP contribution in [-0.2, 0) is 9.47 Å². The van der Waals surface area contributed by atoms with Gasteiger partial charge < -0.3 is 19.5 Å². The van der Waals surface area contributed by atoms with Crippen LogP contribution in [0.3, 0.4) is 0 Å². The molecule has 0 radical (unpaired) electrons. The van der Waals surface area contributed by atoms with Crippen molar-refractivity contribution in [2.75, 3.05) is 45.9 Å². The molecule has 0 unspecified atom stereocenters. The van der Waals surface area contributed by atoms with E-state index in [0.29, 0.717) is 32.3 Å². The van der Waals surface area contributed by atoms with E-state index in [2.05, 4.69) is 15.3 Å². The van der Waals surface area contributed by atoms with Crippen molar-refractivity contribution < 1.29 is 14.2 Å². The monoisotopic (exact) mass is 227 g/mol. The lowest BCUT2D eigenvalue weighted by atomic mass is 10.5. The van der Waals surface area contributed by atoms with E-state index in [1.54, 1.807) is 20.2 Å². The largest absolute Gasteiger partial charge is 0.475 e. The van der Waals surface area contributed by atoms with Crippen molar-refractivity contribution in [3.8, 4) is 5.88 Å². The number of aromatic nitrogens is 2. The summed E-state index contributed by atoms with van der Waals surface area (Å²) in [5, 5.41) is 2.91. The van der Waals surface area contributed by atoms with Crippen molar-refractivity contribution in [2.45, 2.75) is 0 Å². The average Bonchev–Trinajstić information content (AvgIpc) is 2.34. The molecule has 1 aromatic rings. The number of rotatable bonds is 8. The predicted molar refractivity (Wildman–Crippen MR) is 59.8 cm³/mol. The van der Waals surface area contributed by atoms with Gasteiger partial charge in [-0.2, -0.15) is 0 Å². The van der Waals surface area contributed by atoms with E-state index in [4.69, 9.17) is 14.2 Å². The molecule has 1 aromatic heterocycles. The van der Waals surface area contributed by atoms with E-state index in [1.165, 1.54) is 6.33 Å². The Morgan fingerprint density at radius 1 is 1.19 bits per heavy atom. The van der Waals surface area contributed by atoms with Gasteiger partial charge in [-0.05, 0) is 0 Å². The number of hydrogen-bond donors (Lipinski definition) is 1. The first-order valence-electron chi connectivity index (χ1n) is 5.06. The third kappa shape index (κ3) is 4.90. The van der Waals surface area contributed by atoms with E-state index in [0.717, 1.165) is 5.82 Å². The maximum atomic E-state index is 5.37. The zero-order valence-corrected chi connectivity index (χ0v) is 9.60. The molecule has 0 atom stereocenters. The molecule has 0 fully saturated rings. The van der Waals surface area contributed by atoms with Gasteiger partial charge >= 0.3 is 0 Å². The van der Waals surface area contributed by atoms with Crippen LogP contribution in [-0.4, -0.2) is 50.6 Å². The Bertz CT molecular complexity index is 296. The maximum absolute atomic E-state index is 5.37. The van der Waals surface area contributed by atoms with Gasteiger partial charge in [-0.3, -0.25) is 0 Å². The standard InChI is InChI=1S/C10H17N3O3/c1-11-9-7-10(13-8-12-9)16-6-5-15-4-3-14-2/h7-8H,3-6H2,1-2H3,(H,11,12,13). The fourth-order valence-corrected chi connectivity index (χ4v) is 1.00. The Kier molecular flexibility index (Phi) is 6.20. The van der Waals surface area contributed by atoms with Crippen molar-refractivity contribution in [1.29, 1.82) is 0 Å². The first-order valence-corrected chi connectivity index (χ1v) is 5.06. The van der Waals surface area contributed by atoms with Gasteiger partial charge in [0.15, 0.2) is 0 Å². The second-order valence-electron chi connectivity index (χ2n) is 2.95. The van der Waals surface area contributed by atoms with Gasteiger partial charge in [-0.25, -0.2) is 9.97 Å². The molecule has 0 aromatic carbocycles. The number of methoxy groups -OCH3 is 1. The van der Waals surface area contributed by atoms with E-state index in [9.17, 15) is 0 Å². The molecule has 0 aliphatic rings. The molecule has 0 spiro atoms. The van der Waals surface area contributed by atoms with Crippen LogP contribution in [0.15, 0.2) is 12.4 Å². The molecule has 0 aliphatic heterocycles. The maximum Gasteiger partial charge on any atom is 0.218 e. The van der Waals surface area contributed by atoms with Crippen LogP contribution < -0.4 is 10.1 Å². The molecule has 16 heavy (non-hydrogen) atoms. The quantitative estimate of drug-likeness (QED) is 0.655. The summed E-state index contributed by atoms with van der Waals surface area (Å²) in [5.74, 6) is 1.26. The number of ether oxygens (including phenoxy) is 3. The highest BCUT2D eigenvalue weighted by molar-refractivity contribution is 5.35. The van der Waals surface area contributed by atoms with E-state index < -0.39 is 0 Å². The summed E-state index contributed by atoms with van der Waals surface area (Å²) in [4.78, 5) is 7.94. The lowest BCUT2D eigenvalue weighted by molar-refractivity contribution is 0.0537. The normalized spacial score (nSPS) is 10.1. The topological polar surface area (TPSA) is 65.5 Å². The predicted octanol–water partition coefficient (Wildman–Crippen LogP) is 0.560. The Hall–Kier alpha value is -1.40. The summed E-state index contributed by atoms with van der Waals surface area (Å²) >= 11 is 0. The summed E-state index contributed by atoms with van der Waals surface area (Å²) in [6, 6.07) is 1.73. The zero-order valence-electron chi connectivity index (χ0n) is 9.60. The van der Waals surface area contributed by atoms with Crippen LogP contribution >= 0.6 is 0 Å². The van der Waals surface area contributed by atoms with Gasteiger partial charge in [-0.15, -0.1) is 0 Å². The van der Waals surface area contributed by atoms with Crippen molar-refractivity contribution in [2.24, 2.45) is 0 Å². The second kappa shape index (κ2) is 7.84. The fourth-order valence-electron chi connectivity index (χ4n) is 1.00. The number of anilines is 1. The van der Waals surface area contributed by atoms with E-state index in [1.807, 2.05) is 0 Å². The van der Waals surface area contributed by atoms with Crippen LogP contribution in [0.25, 0.3) is 0 Å². The summed E-state index contributed by atoms with van der Waals surface area (Å²) < 4.78 is 15.5. The second-order valence-corrected chi connectivity index (χ2v) is 2.95. The molecule has 0 bridgehead atoms. The third-order valence-electron chi connectivity index (χ3n) is 1.81. The highest BCUT2D eigenvalue weighted by Gasteiger charge is 1.97. The van der Waals surface area contributed by atoms with Crippen molar-refractivity contribution in [3.63, 3.8) is 0 Å². The van der Waals surface area contributed by atoms with E-state index >= 15 is 0 Å². The van der Waals surface area contributed by atoms with E-state index in [-0.39, 0.29) is 0 Å². The highest BCUT2D eigenvalue weighted by Crippen LogP contribution is 2.09. The number of nitrogens with zero attached hydrogens (tertiary/aromatic N) is 2. The molecule has 0 amide bonds. The molecule has 1 heterocycles. The Morgan fingerprint density at radius 3 is 2.75 bits per heavy atom. The first kappa shape index (κ1) is 12.7. The molecule has 0 saturated heterocycles.